The summed E-state index contributed by atoms with van der Waals surface area (Å²) >= 11 is 0. The Labute approximate surface area is 117 Å². The number of aliphatic hydroxyl groups is 1. The van der Waals surface area contributed by atoms with E-state index in [4.69, 9.17) is 10.2 Å². The topological polar surface area (TPSA) is 98.7 Å². The first kappa shape index (κ1) is 16.0. The molecule has 6 nitrogen and oxygen atoms in total. The highest BCUT2D eigenvalue weighted by molar-refractivity contribution is 5.74. The van der Waals surface area contributed by atoms with Crippen molar-refractivity contribution in [3.8, 4) is 0 Å². The maximum Gasteiger partial charge on any atom is 0.332 e. The van der Waals surface area contributed by atoms with Gasteiger partial charge >= 0.3 is 12.0 Å². The molecule has 2 amide bonds. The van der Waals surface area contributed by atoms with Crippen LogP contribution >= 0.6 is 0 Å². The van der Waals surface area contributed by atoms with Gasteiger partial charge < -0.3 is 20.8 Å². The van der Waals surface area contributed by atoms with Crippen LogP contribution in [0.15, 0.2) is 30.3 Å². The van der Waals surface area contributed by atoms with Crippen LogP contribution in [0.5, 0.6) is 0 Å². The zero-order chi connectivity index (χ0) is 15.0. The van der Waals surface area contributed by atoms with E-state index in [2.05, 4.69) is 10.6 Å². The number of carboxylic acids is 1. The number of hydrogen-bond donors (Lipinski definition) is 4. The van der Waals surface area contributed by atoms with Crippen LogP contribution < -0.4 is 10.6 Å². The fourth-order valence-electron chi connectivity index (χ4n) is 1.74. The lowest BCUT2D eigenvalue weighted by Crippen LogP contribution is -2.42. The fourth-order valence-corrected chi connectivity index (χ4v) is 1.74. The largest absolute Gasteiger partial charge is 0.479 e. The number of rotatable bonds is 7. The first-order valence-electron chi connectivity index (χ1n) is 6.48. The average Bonchev–Trinajstić information content (AvgIpc) is 2.39. The maximum atomic E-state index is 11.5. The molecular weight excluding hydrogens is 260 g/mol. The van der Waals surface area contributed by atoms with Gasteiger partial charge in [-0.1, -0.05) is 30.3 Å². The molecule has 1 unspecified atom stereocenters. The number of benzene rings is 1. The molecule has 0 bridgehead atoms. The van der Waals surface area contributed by atoms with Crippen molar-refractivity contribution < 1.29 is 19.8 Å². The molecule has 20 heavy (non-hydrogen) atoms. The molecule has 0 saturated carbocycles. The van der Waals surface area contributed by atoms with Crippen molar-refractivity contribution in [2.24, 2.45) is 0 Å². The lowest BCUT2D eigenvalue weighted by molar-refractivity contribution is -0.146. The zero-order valence-electron chi connectivity index (χ0n) is 11.4. The Balaban J connectivity index is 2.23. The highest BCUT2D eigenvalue weighted by atomic mass is 16.4. The van der Waals surface area contributed by atoms with E-state index >= 15 is 0 Å². The summed E-state index contributed by atoms with van der Waals surface area (Å²) in [5, 5.41) is 22.8. The molecule has 1 aromatic carbocycles. The van der Waals surface area contributed by atoms with Crippen LogP contribution in [0.3, 0.4) is 0 Å². The number of amides is 2. The van der Waals surface area contributed by atoms with Crippen LogP contribution in [0.1, 0.15) is 18.9 Å². The van der Waals surface area contributed by atoms with Crippen molar-refractivity contribution >= 4 is 12.0 Å². The van der Waals surface area contributed by atoms with Crippen LogP contribution in [0.4, 0.5) is 4.79 Å². The average molecular weight is 280 g/mol. The molecule has 0 spiro atoms. The Kier molecular flexibility index (Phi) is 6.52. The molecule has 0 aliphatic rings. The lowest BCUT2D eigenvalue weighted by atomic mass is 10.1. The summed E-state index contributed by atoms with van der Waals surface area (Å²) in [4.78, 5) is 21.9. The number of carboxylic acid groups (broad SMARTS) is 1. The molecule has 0 saturated heterocycles. The van der Waals surface area contributed by atoms with E-state index in [-0.39, 0.29) is 25.0 Å². The first-order valence-corrected chi connectivity index (χ1v) is 6.48. The van der Waals surface area contributed by atoms with Crippen molar-refractivity contribution in [3.63, 3.8) is 0 Å². The minimum atomic E-state index is -1.45. The molecule has 0 heterocycles. The molecule has 1 rings (SSSR count). The summed E-state index contributed by atoms with van der Waals surface area (Å²) < 4.78 is 0. The second kappa shape index (κ2) is 8.16. The number of carbonyl (C=O) groups is 2. The smallest absolute Gasteiger partial charge is 0.332 e. The van der Waals surface area contributed by atoms with Gasteiger partial charge in [0.05, 0.1) is 0 Å². The van der Waals surface area contributed by atoms with E-state index in [0.717, 1.165) is 5.56 Å². The van der Waals surface area contributed by atoms with Crippen LogP contribution in [0.2, 0.25) is 0 Å². The van der Waals surface area contributed by atoms with Crippen LogP contribution in [0.25, 0.3) is 0 Å². The predicted molar refractivity (Wildman–Crippen MR) is 74.4 cm³/mol. The van der Waals surface area contributed by atoms with Crippen LogP contribution in [-0.2, 0) is 11.2 Å². The van der Waals surface area contributed by atoms with Gasteiger partial charge in [-0.3, -0.25) is 0 Å². The molecular formula is C14H20N2O4. The summed E-state index contributed by atoms with van der Waals surface area (Å²) in [5.74, 6) is -1.29. The van der Waals surface area contributed by atoms with Gasteiger partial charge in [0.25, 0.3) is 0 Å². The molecule has 2 atom stereocenters. The molecule has 1 aromatic rings. The Morgan fingerprint density at radius 2 is 1.90 bits per heavy atom. The van der Waals surface area contributed by atoms with Crippen molar-refractivity contribution in [1.29, 1.82) is 0 Å². The normalized spacial score (nSPS) is 13.3. The van der Waals surface area contributed by atoms with Gasteiger partial charge in [0, 0.05) is 19.0 Å². The van der Waals surface area contributed by atoms with Gasteiger partial charge in [0.15, 0.2) is 6.10 Å². The molecule has 0 aromatic heterocycles. The quantitative estimate of drug-likeness (QED) is 0.592. The minimum Gasteiger partial charge on any atom is -0.479 e. The van der Waals surface area contributed by atoms with Gasteiger partial charge in [-0.05, 0) is 18.9 Å². The maximum absolute atomic E-state index is 11.5. The van der Waals surface area contributed by atoms with Crippen LogP contribution in [0, 0.1) is 0 Å². The van der Waals surface area contributed by atoms with Gasteiger partial charge in [-0.2, -0.15) is 0 Å². The van der Waals surface area contributed by atoms with E-state index in [1.807, 2.05) is 37.3 Å². The second-order valence-corrected chi connectivity index (χ2v) is 4.63. The summed E-state index contributed by atoms with van der Waals surface area (Å²) in [7, 11) is 0. The zero-order valence-corrected chi connectivity index (χ0v) is 11.4. The number of urea groups is 1. The lowest BCUT2D eigenvalue weighted by Gasteiger charge is -2.15. The van der Waals surface area contributed by atoms with Crippen molar-refractivity contribution in [1.82, 2.24) is 10.6 Å². The van der Waals surface area contributed by atoms with E-state index in [1.165, 1.54) is 0 Å². The summed E-state index contributed by atoms with van der Waals surface area (Å²) in [5.41, 5.74) is 1.13. The van der Waals surface area contributed by atoms with Crippen molar-refractivity contribution in [3.05, 3.63) is 35.9 Å². The van der Waals surface area contributed by atoms with E-state index in [1.54, 1.807) is 0 Å². The molecule has 110 valence electrons. The van der Waals surface area contributed by atoms with Crippen molar-refractivity contribution in [2.45, 2.75) is 31.9 Å². The minimum absolute atomic E-state index is 0.0180. The third-order valence-corrected chi connectivity index (χ3v) is 2.75. The van der Waals surface area contributed by atoms with E-state index in [0.29, 0.717) is 6.42 Å². The molecule has 0 fully saturated rings. The highest BCUT2D eigenvalue weighted by Gasteiger charge is 2.13. The monoisotopic (exact) mass is 280 g/mol. The molecule has 6 heteroatoms. The van der Waals surface area contributed by atoms with Crippen molar-refractivity contribution in [2.75, 3.05) is 6.54 Å². The molecule has 4 N–H and O–H groups in total. The number of aliphatic carboxylic acids is 1. The highest BCUT2D eigenvalue weighted by Crippen LogP contribution is 2.02. The van der Waals surface area contributed by atoms with E-state index in [9.17, 15) is 9.59 Å². The Morgan fingerprint density at radius 1 is 1.25 bits per heavy atom. The Bertz CT molecular complexity index is 436. The van der Waals surface area contributed by atoms with Gasteiger partial charge in [0.1, 0.15) is 0 Å². The number of carbonyl (C=O) groups excluding carboxylic acids is 1. The van der Waals surface area contributed by atoms with Gasteiger partial charge in [0.2, 0.25) is 0 Å². The third-order valence-electron chi connectivity index (χ3n) is 2.75. The number of aliphatic hydroxyl groups excluding tert-OH is 1. The molecule has 0 aliphatic heterocycles. The Morgan fingerprint density at radius 3 is 2.50 bits per heavy atom. The standard InChI is InChI=1S/C14H20N2O4/c1-10(9-11-5-3-2-4-6-11)16-14(20)15-8-7-12(17)13(18)19/h2-6,10,12,17H,7-9H2,1H3,(H,18,19)(H2,15,16,20)/t10?,12-/m0/s1. The van der Waals surface area contributed by atoms with Gasteiger partial charge in [-0.25, -0.2) is 9.59 Å². The summed E-state index contributed by atoms with van der Waals surface area (Å²) in [6.07, 6.45) is -0.751. The van der Waals surface area contributed by atoms with Gasteiger partial charge in [-0.15, -0.1) is 0 Å². The van der Waals surface area contributed by atoms with E-state index < -0.39 is 12.1 Å². The fraction of sp³-hybridized carbons (Fsp3) is 0.429. The number of nitrogens with one attached hydrogen (secondary N) is 2. The Hall–Kier alpha value is -2.08. The summed E-state index contributed by atoms with van der Waals surface area (Å²) in [6, 6.07) is 9.37. The molecule has 0 aliphatic carbocycles. The second-order valence-electron chi connectivity index (χ2n) is 4.63. The summed E-state index contributed by atoms with van der Waals surface area (Å²) in [6.45, 7) is 2.00. The molecule has 0 radical (unpaired) electrons. The third kappa shape index (κ3) is 6.19. The first-order chi connectivity index (χ1) is 9.49. The predicted octanol–water partition coefficient (Wildman–Crippen LogP) is 0.752. The SMILES string of the molecule is CC(Cc1ccccc1)NC(=O)NCC[C@H](O)C(=O)O. The van der Waals surface area contributed by atoms with Crippen LogP contribution in [-0.4, -0.2) is 40.9 Å². The number of hydrogen-bond acceptors (Lipinski definition) is 3.